The van der Waals surface area contributed by atoms with E-state index in [0.717, 1.165) is 12.1 Å². The Hall–Kier alpha value is -0.820. The van der Waals surface area contributed by atoms with E-state index in [0.29, 0.717) is 9.50 Å². The molecule has 0 aromatic heterocycles. The van der Waals surface area contributed by atoms with Crippen molar-refractivity contribution in [2.24, 2.45) is 0 Å². The number of nitrogens with one attached hydrogen (secondary N) is 1. The van der Waals surface area contributed by atoms with Gasteiger partial charge in [0, 0.05) is 9.50 Å². The molecule has 0 aliphatic carbocycles. The van der Waals surface area contributed by atoms with Crippen molar-refractivity contribution in [1.29, 1.82) is 0 Å². The minimum Gasteiger partial charge on any atom is -0.278 e. The minimum atomic E-state index is -4.02. The molecular weight excluding hydrogens is 392 g/mol. The lowest BCUT2D eigenvalue weighted by molar-refractivity contribution is 0.595. The van der Waals surface area contributed by atoms with Crippen LogP contribution in [0.2, 0.25) is 10.0 Å². The highest BCUT2D eigenvalue weighted by Crippen LogP contribution is 2.30. The molecule has 3 nitrogen and oxygen atoms in total. The molecule has 106 valence electrons. The highest BCUT2D eigenvalue weighted by molar-refractivity contribution is 9.10. The molecule has 0 atom stereocenters. The van der Waals surface area contributed by atoms with Crippen LogP contribution in [0.1, 0.15) is 0 Å². The van der Waals surface area contributed by atoms with Crippen molar-refractivity contribution in [3.05, 3.63) is 56.7 Å². The topological polar surface area (TPSA) is 46.2 Å². The second-order valence-electron chi connectivity index (χ2n) is 3.80. The Kier molecular flexibility index (Phi) is 4.59. The van der Waals surface area contributed by atoms with Crippen molar-refractivity contribution >= 4 is 54.8 Å². The third-order valence-electron chi connectivity index (χ3n) is 2.36. The molecule has 0 aliphatic rings. The summed E-state index contributed by atoms with van der Waals surface area (Å²) in [7, 11) is -4.02. The van der Waals surface area contributed by atoms with Gasteiger partial charge in [-0.3, -0.25) is 4.72 Å². The van der Waals surface area contributed by atoms with Gasteiger partial charge in [0.25, 0.3) is 10.0 Å². The number of anilines is 1. The smallest absolute Gasteiger partial charge is 0.263 e. The third kappa shape index (κ3) is 3.44. The second kappa shape index (κ2) is 5.89. The van der Waals surface area contributed by atoms with Crippen LogP contribution >= 0.6 is 39.1 Å². The predicted octanol–water partition coefficient (Wildman–Crippen LogP) is 4.70. The Morgan fingerprint density at radius 2 is 1.80 bits per heavy atom. The van der Waals surface area contributed by atoms with E-state index in [9.17, 15) is 12.8 Å². The molecule has 2 aromatic carbocycles. The van der Waals surface area contributed by atoms with Crippen LogP contribution in [0.5, 0.6) is 0 Å². The minimum absolute atomic E-state index is 0.0722. The van der Waals surface area contributed by atoms with E-state index in [-0.39, 0.29) is 15.6 Å². The predicted molar refractivity (Wildman–Crippen MR) is 81.4 cm³/mol. The maximum absolute atomic E-state index is 13.2. The summed E-state index contributed by atoms with van der Waals surface area (Å²) in [6, 6.07) is 7.72. The van der Waals surface area contributed by atoms with Gasteiger partial charge in [0.1, 0.15) is 10.7 Å². The highest BCUT2D eigenvalue weighted by Gasteiger charge is 2.20. The molecular formula is C12H7BrCl2FNO2S. The Bertz CT molecular complexity index is 768. The summed E-state index contributed by atoms with van der Waals surface area (Å²) in [5.41, 5.74) is 0.234. The van der Waals surface area contributed by atoms with Crippen molar-refractivity contribution in [2.75, 3.05) is 4.72 Å². The zero-order valence-electron chi connectivity index (χ0n) is 9.70. The van der Waals surface area contributed by atoms with Gasteiger partial charge in [-0.05, 0) is 52.3 Å². The van der Waals surface area contributed by atoms with E-state index >= 15 is 0 Å². The summed E-state index contributed by atoms with van der Waals surface area (Å²) in [5, 5.41) is 0.285. The summed E-state index contributed by atoms with van der Waals surface area (Å²) in [5.74, 6) is -0.695. The van der Waals surface area contributed by atoms with Crippen molar-refractivity contribution < 1.29 is 12.8 Å². The van der Waals surface area contributed by atoms with E-state index in [1.54, 1.807) is 12.1 Å². The van der Waals surface area contributed by atoms with Gasteiger partial charge in [-0.15, -0.1) is 0 Å². The largest absolute Gasteiger partial charge is 0.278 e. The number of hydrogen-bond acceptors (Lipinski definition) is 2. The quantitative estimate of drug-likeness (QED) is 0.814. The molecule has 2 aromatic rings. The fourth-order valence-corrected chi connectivity index (χ4v) is 3.69. The molecule has 0 bridgehead atoms. The second-order valence-corrected chi connectivity index (χ2v) is 7.15. The molecule has 0 amide bonds. The first-order valence-corrected chi connectivity index (χ1v) is 8.26. The van der Waals surface area contributed by atoms with Gasteiger partial charge in [-0.25, -0.2) is 12.8 Å². The lowest BCUT2D eigenvalue weighted by Crippen LogP contribution is -2.14. The first-order valence-electron chi connectivity index (χ1n) is 5.22. The molecule has 8 heteroatoms. The van der Waals surface area contributed by atoms with E-state index in [1.165, 1.54) is 12.1 Å². The molecule has 0 saturated carbocycles. The van der Waals surface area contributed by atoms with Gasteiger partial charge in [0.2, 0.25) is 0 Å². The monoisotopic (exact) mass is 397 g/mol. The van der Waals surface area contributed by atoms with Gasteiger partial charge in [-0.2, -0.15) is 0 Å². The van der Waals surface area contributed by atoms with Gasteiger partial charge in [-0.1, -0.05) is 23.2 Å². The standard InChI is InChI=1S/C12H7BrCl2FNO2S/c13-9-3-1-7(14)5-11(9)17-20(18,19)12-6-8(16)2-4-10(12)15/h1-6,17H. The number of rotatable bonds is 3. The maximum Gasteiger partial charge on any atom is 0.263 e. The Morgan fingerprint density at radius 1 is 1.10 bits per heavy atom. The van der Waals surface area contributed by atoms with Crippen molar-refractivity contribution in [3.8, 4) is 0 Å². The summed E-state index contributed by atoms with van der Waals surface area (Å²) in [6.07, 6.45) is 0. The van der Waals surface area contributed by atoms with Crippen LogP contribution in [-0.2, 0) is 10.0 Å². The van der Waals surface area contributed by atoms with Crippen LogP contribution in [0.15, 0.2) is 45.8 Å². The van der Waals surface area contributed by atoms with Gasteiger partial charge in [0.05, 0.1) is 10.7 Å². The van der Waals surface area contributed by atoms with Crippen LogP contribution < -0.4 is 4.72 Å². The summed E-state index contributed by atoms with van der Waals surface area (Å²) >= 11 is 14.8. The lowest BCUT2D eigenvalue weighted by Gasteiger charge is -2.11. The highest BCUT2D eigenvalue weighted by atomic mass is 79.9. The van der Waals surface area contributed by atoms with Crippen LogP contribution in [0.4, 0.5) is 10.1 Å². The first-order chi connectivity index (χ1) is 9.29. The van der Waals surface area contributed by atoms with Crippen LogP contribution in [0, 0.1) is 5.82 Å². The summed E-state index contributed by atoms with van der Waals surface area (Å²) in [6.45, 7) is 0. The Labute approximate surface area is 133 Å². The normalized spacial score (nSPS) is 11.4. The SMILES string of the molecule is O=S(=O)(Nc1cc(Cl)ccc1Br)c1cc(F)ccc1Cl. The van der Waals surface area contributed by atoms with E-state index in [4.69, 9.17) is 23.2 Å². The number of benzene rings is 2. The lowest BCUT2D eigenvalue weighted by atomic mass is 10.3. The average molecular weight is 399 g/mol. The molecule has 0 heterocycles. The van der Waals surface area contributed by atoms with Crippen molar-refractivity contribution in [2.45, 2.75) is 4.90 Å². The summed E-state index contributed by atoms with van der Waals surface area (Å²) in [4.78, 5) is -0.342. The fraction of sp³-hybridized carbons (Fsp3) is 0. The molecule has 0 spiro atoms. The Morgan fingerprint density at radius 3 is 2.50 bits per heavy atom. The van der Waals surface area contributed by atoms with Crippen molar-refractivity contribution in [1.82, 2.24) is 0 Å². The molecule has 1 N–H and O–H groups in total. The van der Waals surface area contributed by atoms with Gasteiger partial charge in [0.15, 0.2) is 0 Å². The molecule has 0 unspecified atom stereocenters. The third-order valence-corrected chi connectivity index (χ3v) is 5.13. The Balaban J connectivity index is 2.46. The number of halogens is 4. The number of sulfonamides is 1. The van der Waals surface area contributed by atoms with Gasteiger partial charge >= 0.3 is 0 Å². The van der Waals surface area contributed by atoms with Gasteiger partial charge < -0.3 is 0 Å². The molecule has 0 aliphatic heterocycles. The maximum atomic E-state index is 13.2. The van der Waals surface area contributed by atoms with E-state index in [2.05, 4.69) is 20.7 Å². The van der Waals surface area contributed by atoms with Crippen LogP contribution in [-0.4, -0.2) is 8.42 Å². The zero-order valence-corrected chi connectivity index (χ0v) is 13.6. The van der Waals surface area contributed by atoms with Crippen molar-refractivity contribution in [3.63, 3.8) is 0 Å². The molecule has 0 saturated heterocycles. The summed E-state index contributed by atoms with van der Waals surface area (Å²) < 4.78 is 40.4. The first kappa shape index (κ1) is 15.6. The van der Waals surface area contributed by atoms with Crippen LogP contribution in [0.3, 0.4) is 0 Å². The fourth-order valence-electron chi connectivity index (χ4n) is 1.46. The molecule has 0 fully saturated rings. The average Bonchev–Trinajstić information content (AvgIpc) is 2.36. The van der Waals surface area contributed by atoms with Crippen LogP contribution in [0.25, 0.3) is 0 Å². The molecule has 0 radical (unpaired) electrons. The van der Waals surface area contributed by atoms with E-state index < -0.39 is 15.8 Å². The number of hydrogen-bond donors (Lipinski definition) is 1. The zero-order chi connectivity index (χ0) is 14.9. The van der Waals surface area contributed by atoms with E-state index in [1.807, 2.05) is 0 Å². The molecule has 2 rings (SSSR count). The molecule has 20 heavy (non-hydrogen) atoms.